The first kappa shape index (κ1) is 16.7. The number of likely N-dealkylation sites (tertiary alicyclic amines) is 1. The lowest BCUT2D eigenvalue weighted by atomic mass is 10.0. The molecule has 2 aromatic carbocycles. The van der Waals surface area contributed by atoms with Crippen LogP contribution in [-0.2, 0) is 6.54 Å². The zero-order chi connectivity index (χ0) is 16.9. The van der Waals surface area contributed by atoms with Crippen LogP contribution in [0.4, 0.5) is 4.79 Å². The van der Waals surface area contributed by atoms with Gasteiger partial charge in [0.15, 0.2) is 0 Å². The molecule has 2 aromatic rings. The van der Waals surface area contributed by atoms with Crippen molar-refractivity contribution < 1.29 is 9.53 Å². The summed E-state index contributed by atoms with van der Waals surface area (Å²) >= 11 is 6.31. The van der Waals surface area contributed by atoms with Crippen molar-refractivity contribution in [2.45, 2.75) is 25.4 Å². The van der Waals surface area contributed by atoms with Gasteiger partial charge in [-0.25, -0.2) is 4.79 Å². The summed E-state index contributed by atoms with van der Waals surface area (Å²) in [6.07, 6.45) is 1.93. The van der Waals surface area contributed by atoms with Gasteiger partial charge in [0.1, 0.15) is 5.75 Å². The van der Waals surface area contributed by atoms with Gasteiger partial charge in [-0.15, -0.1) is 0 Å². The molecule has 0 spiro atoms. The Labute approximate surface area is 147 Å². The number of hydrogen-bond donors (Lipinski definition) is 1. The SMILES string of the molecule is COc1cccc(CNC(=O)N2CCCC2c2ccccc2Cl)c1. The molecule has 4 nitrogen and oxygen atoms in total. The summed E-state index contributed by atoms with van der Waals surface area (Å²) in [4.78, 5) is 14.5. The first-order valence-corrected chi connectivity index (χ1v) is 8.48. The van der Waals surface area contributed by atoms with E-state index in [0.29, 0.717) is 6.54 Å². The standard InChI is InChI=1S/C19H21ClN2O2/c1-24-15-7-4-6-14(12-15)13-21-19(23)22-11-5-10-18(22)16-8-2-3-9-17(16)20/h2-4,6-9,12,18H,5,10-11,13H2,1H3,(H,21,23). The van der Waals surface area contributed by atoms with Gasteiger partial charge in [-0.05, 0) is 42.2 Å². The summed E-state index contributed by atoms with van der Waals surface area (Å²) in [5.74, 6) is 0.789. The van der Waals surface area contributed by atoms with Crippen molar-refractivity contribution >= 4 is 17.6 Å². The van der Waals surface area contributed by atoms with E-state index in [1.807, 2.05) is 53.4 Å². The van der Waals surface area contributed by atoms with Crippen LogP contribution in [0.15, 0.2) is 48.5 Å². The Morgan fingerprint density at radius 3 is 2.92 bits per heavy atom. The zero-order valence-corrected chi connectivity index (χ0v) is 14.4. The van der Waals surface area contributed by atoms with Gasteiger partial charge in [0.25, 0.3) is 0 Å². The normalized spacial score (nSPS) is 16.9. The number of methoxy groups -OCH3 is 1. The smallest absolute Gasteiger partial charge is 0.318 e. The molecule has 0 aromatic heterocycles. The number of ether oxygens (including phenoxy) is 1. The highest BCUT2D eigenvalue weighted by molar-refractivity contribution is 6.31. The van der Waals surface area contributed by atoms with Crippen molar-refractivity contribution in [2.75, 3.05) is 13.7 Å². The Kier molecular flexibility index (Phi) is 5.26. The number of nitrogens with one attached hydrogen (secondary N) is 1. The summed E-state index contributed by atoms with van der Waals surface area (Å²) in [6, 6.07) is 15.4. The van der Waals surface area contributed by atoms with Gasteiger partial charge in [-0.3, -0.25) is 0 Å². The molecule has 0 saturated carbocycles. The van der Waals surface area contributed by atoms with Crippen LogP contribution in [0.1, 0.15) is 30.0 Å². The molecule has 3 rings (SSSR count). The average Bonchev–Trinajstić information content (AvgIpc) is 3.10. The first-order chi connectivity index (χ1) is 11.7. The molecule has 1 aliphatic rings. The van der Waals surface area contributed by atoms with Crippen LogP contribution < -0.4 is 10.1 Å². The van der Waals surface area contributed by atoms with Crippen LogP contribution >= 0.6 is 11.6 Å². The average molecular weight is 345 g/mol. The fourth-order valence-electron chi connectivity index (χ4n) is 3.14. The lowest BCUT2D eigenvalue weighted by Crippen LogP contribution is -2.39. The largest absolute Gasteiger partial charge is 0.497 e. The van der Waals surface area contributed by atoms with E-state index in [0.717, 1.165) is 41.3 Å². The molecule has 1 unspecified atom stereocenters. The number of rotatable bonds is 4. The van der Waals surface area contributed by atoms with Crippen molar-refractivity contribution in [1.29, 1.82) is 0 Å². The van der Waals surface area contributed by atoms with Gasteiger partial charge in [-0.2, -0.15) is 0 Å². The fourth-order valence-corrected chi connectivity index (χ4v) is 3.40. The van der Waals surface area contributed by atoms with Crippen LogP contribution in [0.3, 0.4) is 0 Å². The van der Waals surface area contributed by atoms with E-state index in [-0.39, 0.29) is 12.1 Å². The van der Waals surface area contributed by atoms with Gasteiger partial charge >= 0.3 is 6.03 Å². The summed E-state index contributed by atoms with van der Waals surface area (Å²) in [6.45, 7) is 1.22. The molecule has 1 fully saturated rings. The quantitative estimate of drug-likeness (QED) is 0.893. The number of halogens is 1. The molecule has 1 saturated heterocycles. The van der Waals surface area contributed by atoms with E-state index in [9.17, 15) is 4.79 Å². The van der Waals surface area contributed by atoms with Gasteiger partial charge < -0.3 is 15.0 Å². The summed E-state index contributed by atoms with van der Waals surface area (Å²) in [5.41, 5.74) is 2.03. The van der Waals surface area contributed by atoms with E-state index in [4.69, 9.17) is 16.3 Å². The molecule has 1 heterocycles. The van der Waals surface area contributed by atoms with Crippen molar-refractivity contribution in [1.82, 2.24) is 10.2 Å². The second kappa shape index (κ2) is 7.58. The van der Waals surface area contributed by atoms with Crippen LogP contribution in [0.5, 0.6) is 5.75 Å². The monoisotopic (exact) mass is 344 g/mol. The maximum atomic E-state index is 12.6. The second-order valence-corrected chi connectivity index (χ2v) is 6.29. The summed E-state index contributed by atoms with van der Waals surface area (Å²) in [5, 5.41) is 3.72. The van der Waals surface area contributed by atoms with Gasteiger partial charge in [0.05, 0.1) is 13.2 Å². The summed E-state index contributed by atoms with van der Waals surface area (Å²) in [7, 11) is 1.64. The number of carbonyl (C=O) groups excluding carboxylic acids is 1. The predicted molar refractivity (Wildman–Crippen MR) is 95.4 cm³/mol. The minimum absolute atomic E-state index is 0.0454. The van der Waals surface area contributed by atoms with Crippen LogP contribution in [0, 0.1) is 0 Å². The van der Waals surface area contributed by atoms with E-state index in [1.54, 1.807) is 7.11 Å². The Hall–Kier alpha value is -2.20. The lowest BCUT2D eigenvalue weighted by Gasteiger charge is -2.26. The third-order valence-electron chi connectivity index (χ3n) is 4.36. The van der Waals surface area contributed by atoms with Crippen LogP contribution in [0.25, 0.3) is 0 Å². The molecule has 126 valence electrons. The van der Waals surface area contributed by atoms with Crippen molar-refractivity contribution in [2.24, 2.45) is 0 Å². The molecule has 1 atom stereocenters. The molecular weight excluding hydrogens is 324 g/mol. The highest BCUT2D eigenvalue weighted by Gasteiger charge is 2.30. The number of benzene rings is 2. The minimum Gasteiger partial charge on any atom is -0.497 e. The van der Waals surface area contributed by atoms with Crippen LogP contribution in [-0.4, -0.2) is 24.6 Å². The number of amides is 2. The van der Waals surface area contributed by atoms with E-state index in [2.05, 4.69) is 5.32 Å². The van der Waals surface area contributed by atoms with Gasteiger partial charge in [0, 0.05) is 18.1 Å². The third-order valence-corrected chi connectivity index (χ3v) is 4.70. The Morgan fingerprint density at radius 1 is 1.29 bits per heavy atom. The maximum absolute atomic E-state index is 12.6. The fraction of sp³-hybridized carbons (Fsp3) is 0.316. The lowest BCUT2D eigenvalue weighted by molar-refractivity contribution is 0.192. The molecule has 0 aliphatic carbocycles. The number of nitrogens with zero attached hydrogens (tertiary/aromatic N) is 1. The zero-order valence-electron chi connectivity index (χ0n) is 13.7. The highest BCUT2D eigenvalue weighted by Crippen LogP contribution is 2.35. The van der Waals surface area contributed by atoms with E-state index in [1.165, 1.54) is 0 Å². The molecule has 1 N–H and O–H groups in total. The molecule has 0 radical (unpaired) electrons. The van der Waals surface area contributed by atoms with Crippen LogP contribution in [0.2, 0.25) is 5.02 Å². The molecular formula is C19H21ClN2O2. The topological polar surface area (TPSA) is 41.6 Å². The van der Waals surface area contributed by atoms with Crippen molar-refractivity contribution in [3.8, 4) is 5.75 Å². The molecule has 2 amide bonds. The first-order valence-electron chi connectivity index (χ1n) is 8.11. The van der Waals surface area contributed by atoms with E-state index < -0.39 is 0 Å². The van der Waals surface area contributed by atoms with E-state index >= 15 is 0 Å². The summed E-state index contributed by atoms with van der Waals surface area (Å²) < 4.78 is 5.21. The Bertz CT molecular complexity index is 720. The predicted octanol–water partition coefficient (Wildman–Crippen LogP) is 4.40. The molecule has 5 heteroatoms. The molecule has 1 aliphatic heterocycles. The third kappa shape index (κ3) is 3.65. The second-order valence-electron chi connectivity index (χ2n) is 5.88. The number of urea groups is 1. The number of hydrogen-bond acceptors (Lipinski definition) is 2. The molecule has 0 bridgehead atoms. The highest BCUT2D eigenvalue weighted by atomic mass is 35.5. The molecule has 24 heavy (non-hydrogen) atoms. The minimum atomic E-state index is -0.0553. The van der Waals surface area contributed by atoms with Gasteiger partial charge in [0.2, 0.25) is 0 Å². The number of carbonyl (C=O) groups is 1. The van der Waals surface area contributed by atoms with Crippen molar-refractivity contribution in [3.63, 3.8) is 0 Å². The maximum Gasteiger partial charge on any atom is 0.318 e. The van der Waals surface area contributed by atoms with Crippen molar-refractivity contribution in [3.05, 3.63) is 64.7 Å². The van der Waals surface area contributed by atoms with Gasteiger partial charge in [-0.1, -0.05) is 41.9 Å². The Morgan fingerprint density at radius 2 is 2.12 bits per heavy atom. The Balaban J connectivity index is 1.66.